The van der Waals surface area contributed by atoms with Crippen LogP contribution in [0.5, 0.6) is 5.75 Å². The van der Waals surface area contributed by atoms with Crippen LogP contribution in [-0.4, -0.2) is 16.2 Å². The van der Waals surface area contributed by atoms with Gasteiger partial charge in [0.25, 0.3) is 0 Å². The molecule has 0 aliphatic heterocycles. The number of rotatable bonds is 1. The standard InChI is InChI=1S/C12H12O3/c13-11-5-4-8-2-1-3-9(12(14)15)6-10(8)7-11/h4-7,13H,1-3H2,(H,14,15). The van der Waals surface area contributed by atoms with E-state index in [1.165, 1.54) is 0 Å². The van der Waals surface area contributed by atoms with Gasteiger partial charge < -0.3 is 10.2 Å². The van der Waals surface area contributed by atoms with Gasteiger partial charge in [-0.15, -0.1) is 0 Å². The van der Waals surface area contributed by atoms with Gasteiger partial charge >= 0.3 is 5.97 Å². The van der Waals surface area contributed by atoms with Crippen LogP contribution in [0.3, 0.4) is 0 Å². The average Bonchev–Trinajstić information content (AvgIpc) is 2.39. The van der Waals surface area contributed by atoms with Crippen molar-refractivity contribution in [2.45, 2.75) is 19.3 Å². The second-order valence-corrected chi connectivity index (χ2v) is 3.71. The molecule has 0 spiro atoms. The van der Waals surface area contributed by atoms with Gasteiger partial charge in [0.2, 0.25) is 0 Å². The third-order valence-electron chi connectivity index (χ3n) is 2.63. The molecule has 0 fully saturated rings. The number of carboxylic acids is 1. The van der Waals surface area contributed by atoms with Gasteiger partial charge in [-0.25, -0.2) is 4.79 Å². The maximum atomic E-state index is 10.9. The van der Waals surface area contributed by atoms with Crippen molar-refractivity contribution >= 4 is 12.0 Å². The van der Waals surface area contributed by atoms with E-state index in [9.17, 15) is 9.90 Å². The van der Waals surface area contributed by atoms with Crippen LogP contribution < -0.4 is 0 Å². The Morgan fingerprint density at radius 1 is 1.27 bits per heavy atom. The summed E-state index contributed by atoms with van der Waals surface area (Å²) in [5.74, 6) is -0.692. The summed E-state index contributed by atoms with van der Waals surface area (Å²) in [6.45, 7) is 0. The Morgan fingerprint density at radius 3 is 2.80 bits per heavy atom. The Bertz CT molecular complexity index is 432. The zero-order chi connectivity index (χ0) is 10.8. The van der Waals surface area contributed by atoms with Gasteiger partial charge in [0, 0.05) is 5.57 Å². The number of benzene rings is 1. The van der Waals surface area contributed by atoms with Crippen LogP contribution in [0, 0.1) is 0 Å². The number of aromatic hydroxyl groups is 1. The van der Waals surface area contributed by atoms with E-state index in [0.717, 1.165) is 24.0 Å². The van der Waals surface area contributed by atoms with Crippen LogP contribution in [0.25, 0.3) is 6.08 Å². The SMILES string of the molecule is O=C(O)C1=Cc2cc(O)ccc2CCC1. The van der Waals surface area contributed by atoms with Crippen molar-refractivity contribution in [3.63, 3.8) is 0 Å². The van der Waals surface area contributed by atoms with Gasteiger partial charge in [-0.2, -0.15) is 0 Å². The van der Waals surface area contributed by atoms with E-state index in [0.29, 0.717) is 12.0 Å². The van der Waals surface area contributed by atoms with E-state index >= 15 is 0 Å². The maximum Gasteiger partial charge on any atom is 0.331 e. The Morgan fingerprint density at radius 2 is 2.07 bits per heavy atom. The van der Waals surface area contributed by atoms with Crippen LogP contribution in [0.2, 0.25) is 0 Å². The van der Waals surface area contributed by atoms with E-state index in [4.69, 9.17) is 5.11 Å². The molecule has 2 rings (SSSR count). The van der Waals surface area contributed by atoms with Gasteiger partial charge in [0.1, 0.15) is 5.75 Å². The molecule has 0 aromatic heterocycles. The molecule has 0 saturated heterocycles. The molecule has 1 aromatic rings. The minimum Gasteiger partial charge on any atom is -0.508 e. The molecule has 0 radical (unpaired) electrons. The van der Waals surface area contributed by atoms with E-state index in [2.05, 4.69) is 0 Å². The molecule has 0 atom stereocenters. The Hall–Kier alpha value is -1.77. The van der Waals surface area contributed by atoms with E-state index in [1.807, 2.05) is 6.07 Å². The lowest BCUT2D eigenvalue weighted by Gasteiger charge is -2.02. The second-order valence-electron chi connectivity index (χ2n) is 3.71. The summed E-state index contributed by atoms with van der Waals surface area (Å²) >= 11 is 0. The summed E-state index contributed by atoms with van der Waals surface area (Å²) in [7, 11) is 0. The smallest absolute Gasteiger partial charge is 0.331 e. The first kappa shape index (κ1) is 9.77. The number of carbonyl (C=O) groups is 1. The summed E-state index contributed by atoms with van der Waals surface area (Å²) in [6, 6.07) is 5.11. The van der Waals surface area contributed by atoms with Crippen molar-refractivity contribution in [1.82, 2.24) is 0 Å². The second kappa shape index (κ2) is 3.77. The summed E-state index contributed by atoms with van der Waals surface area (Å²) < 4.78 is 0. The molecule has 0 saturated carbocycles. The third-order valence-corrected chi connectivity index (χ3v) is 2.63. The van der Waals surface area contributed by atoms with E-state index in [1.54, 1.807) is 18.2 Å². The van der Waals surface area contributed by atoms with Crippen molar-refractivity contribution in [2.75, 3.05) is 0 Å². The minimum absolute atomic E-state index is 0.177. The van der Waals surface area contributed by atoms with Gasteiger partial charge in [-0.05, 0) is 48.6 Å². The molecular formula is C12H12O3. The highest BCUT2D eigenvalue weighted by atomic mass is 16.4. The van der Waals surface area contributed by atoms with Crippen molar-refractivity contribution < 1.29 is 15.0 Å². The van der Waals surface area contributed by atoms with E-state index < -0.39 is 5.97 Å². The molecular weight excluding hydrogens is 192 g/mol. The van der Waals surface area contributed by atoms with Gasteiger partial charge in [0.15, 0.2) is 0 Å². The van der Waals surface area contributed by atoms with Crippen molar-refractivity contribution in [3.8, 4) is 5.75 Å². The van der Waals surface area contributed by atoms with Gasteiger partial charge in [0.05, 0.1) is 0 Å². The summed E-state index contributed by atoms with van der Waals surface area (Å²) in [4.78, 5) is 10.9. The number of hydrogen-bond donors (Lipinski definition) is 2. The predicted octanol–water partition coefficient (Wildman–Crippen LogP) is 2.20. The van der Waals surface area contributed by atoms with Crippen LogP contribution >= 0.6 is 0 Å². The molecule has 0 amide bonds. The quantitative estimate of drug-likeness (QED) is 0.737. The molecule has 1 aromatic carbocycles. The highest BCUT2D eigenvalue weighted by Crippen LogP contribution is 2.26. The molecule has 1 aliphatic carbocycles. The fraction of sp³-hybridized carbons (Fsp3) is 0.250. The molecule has 0 bridgehead atoms. The minimum atomic E-state index is -0.869. The lowest BCUT2D eigenvalue weighted by atomic mass is 10.0. The average molecular weight is 204 g/mol. The highest BCUT2D eigenvalue weighted by Gasteiger charge is 2.13. The van der Waals surface area contributed by atoms with Crippen LogP contribution in [0.1, 0.15) is 24.0 Å². The van der Waals surface area contributed by atoms with E-state index in [-0.39, 0.29) is 5.75 Å². The number of hydrogen-bond acceptors (Lipinski definition) is 2. The number of carboxylic acid groups (broad SMARTS) is 1. The van der Waals surface area contributed by atoms with Crippen molar-refractivity contribution in [1.29, 1.82) is 0 Å². The molecule has 78 valence electrons. The van der Waals surface area contributed by atoms with Crippen molar-refractivity contribution in [2.24, 2.45) is 0 Å². The number of fused-ring (bicyclic) bond motifs is 1. The monoisotopic (exact) mass is 204 g/mol. The Kier molecular flexibility index (Phi) is 2.46. The summed E-state index contributed by atoms with van der Waals surface area (Å²) in [5, 5.41) is 18.3. The Labute approximate surface area is 87.7 Å². The number of phenolic OH excluding ortho intramolecular Hbond substituents is 1. The van der Waals surface area contributed by atoms with Gasteiger partial charge in [-0.3, -0.25) is 0 Å². The lowest BCUT2D eigenvalue weighted by Crippen LogP contribution is -1.99. The van der Waals surface area contributed by atoms with Crippen LogP contribution in [0.4, 0.5) is 0 Å². The number of aliphatic carboxylic acids is 1. The first-order valence-corrected chi connectivity index (χ1v) is 4.92. The molecule has 15 heavy (non-hydrogen) atoms. The lowest BCUT2D eigenvalue weighted by molar-refractivity contribution is -0.132. The first-order chi connectivity index (χ1) is 7.16. The fourth-order valence-corrected chi connectivity index (χ4v) is 1.84. The zero-order valence-electron chi connectivity index (χ0n) is 8.23. The fourth-order valence-electron chi connectivity index (χ4n) is 1.84. The topological polar surface area (TPSA) is 57.5 Å². The molecule has 0 heterocycles. The predicted molar refractivity (Wildman–Crippen MR) is 56.7 cm³/mol. The molecule has 2 N–H and O–H groups in total. The molecule has 1 aliphatic rings. The maximum absolute atomic E-state index is 10.9. The highest BCUT2D eigenvalue weighted by molar-refractivity contribution is 5.92. The largest absolute Gasteiger partial charge is 0.508 e. The normalized spacial score (nSPS) is 15.1. The van der Waals surface area contributed by atoms with Crippen LogP contribution in [0.15, 0.2) is 23.8 Å². The first-order valence-electron chi connectivity index (χ1n) is 4.92. The molecule has 3 nitrogen and oxygen atoms in total. The summed E-state index contributed by atoms with van der Waals surface area (Å²) in [6.07, 6.45) is 3.95. The Balaban J connectivity index is 2.48. The molecule has 3 heteroatoms. The zero-order valence-corrected chi connectivity index (χ0v) is 8.23. The van der Waals surface area contributed by atoms with Gasteiger partial charge in [-0.1, -0.05) is 6.07 Å². The number of phenols is 1. The number of aryl methyl sites for hydroxylation is 1. The molecule has 0 unspecified atom stereocenters. The third kappa shape index (κ3) is 2.01. The summed E-state index contributed by atoms with van der Waals surface area (Å²) in [5.41, 5.74) is 2.34. The van der Waals surface area contributed by atoms with Crippen molar-refractivity contribution in [3.05, 3.63) is 34.9 Å². The van der Waals surface area contributed by atoms with Crippen LogP contribution in [-0.2, 0) is 11.2 Å².